The molecule has 1 aliphatic carbocycles. The van der Waals surface area contributed by atoms with E-state index in [1.54, 1.807) is 24.3 Å². The molecule has 1 N–H and O–H groups in total. The molecule has 40 heavy (non-hydrogen) atoms. The van der Waals surface area contributed by atoms with Gasteiger partial charge in [0, 0.05) is 31.5 Å². The van der Waals surface area contributed by atoms with Crippen molar-refractivity contribution in [3.8, 4) is 6.07 Å². The molecule has 0 radical (unpaired) electrons. The predicted octanol–water partition coefficient (Wildman–Crippen LogP) is 4.06. The third-order valence-corrected chi connectivity index (χ3v) is 8.03. The molecule has 2 heterocycles. The van der Waals surface area contributed by atoms with Gasteiger partial charge in [0.25, 0.3) is 5.91 Å². The quantitative estimate of drug-likeness (QED) is 0.476. The standard InChI is InChI=1S/C31H38FN3O5/c1-30(2)39-27-18-31(38-21-24-11-5-6-12-25(24)32,29(36)34-13-16-35-14-7-8-15-35)17-26(28(27)40-30)37-20-23-10-4-3-9-22(23)19-33/h3-6,9-12,26-28H,7-8,13-18,20-21H2,1-2H3,(H,34,36)/t26-,27-,28+,31-/m1/s1. The van der Waals surface area contributed by atoms with E-state index in [2.05, 4.69) is 16.3 Å². The predicted molar refractivity (Wildman–Crippen MR) is 145 cm³/mol. The van der Waals surface area contributed by atoms with Gasteiger partial charge in [-0.2, -0.15) is 5.26 Å². The van der Waals surface area contributed by atoms with Gasteiger partial charge in [0.15, 0.2) is 11.4 Å². The van der Waals surface area contributed by atoms with E-state index in [0.717, 1.165) is 25.2 Å². The van der Waals surface area contributed by atoms with E-state index in [-0.39, 0.29) is 37.8 Å². The molecule has 2 saturated heterocycles. The van der Waals surface area contributed by atoms with Crippen LogP contribution in [0.4, 0.5) is 4.39 Å². The van der Waals surface area contributed by atoms with Crippen LogP contribution in [0.15, 0.2) is 48.5 Å². The zero-order valence-electron chi connectivity index (χ0n) is 23.2. The highest BCUT2D eigenvalue weighted by Gasteiger charge is 2.58. The first-order valence-corrected chi connectivity index (χ1v) is 14.1. The first-order valence-electron chi connectivity index (χ1n) is 14.1. The second-order valence-corrected chi connectivity index (χ2v) is 11.3. The van der Waals surface area contributed by atoms with Crippen LogP contribution < -0.4 is 5.32 Å². The summed E-state index contributed by atoms with van der Waals surface area (Å²) in [4.78, 5) is 16.3. The first-order chi connectivity index (χ1) is 19.3. The minimum Gasteiger partial charge on any atom is -0.371 e. The average molecular weight is 552 g/mol. The molecule has 3 aliphatic rings. The molecule has 214 valence electrons. The fourth-order valence-electron chi connectivity index (χ4n) is 5.99. The van der Waals surface area contributed by atoms with Crippen LogP contribution in [0.1, 0.15) is 56.2 Å². The highest BCUT2D eigenvalue weighted by atomic mass is 19.1. The van der Waals surface area contributed by atoms with E-state index in [0.29, 0.717) is 17.7 Å². The van der Waals surface area contributed by atoms with Crippen LogP contribution in [0.3, 0.4) is 0 Å². The number of fused-ring (bicyclic) bond motifs is 1. The highest BCUT2D eigenvalue weighted by Crippen LogP contribution is 2.44. The van der Waals surface area contributed by atoms with Crippen molar-refractivity contribution in [2.45, 2.75) is 82.4 Å². The molecule has 0 aromatic heterocycles. The maximum atomic E-state index is 14.5. The number of hydrogen-bond acceptors (Lipinski definition) is 7. The largest absolute Gasteiger partial charge is 0.371 e. The summed E-state index contributed by atoms with van der Waals surface area (Å²) < 4.78 is 39.8. The first kappa shape index (κ1) is 28.7. The van der Waals surface area contributed by atoms with Crippen molar-refractivity contribution in [3.63, 3.8) is 0 Å². The van der Waals surface area contributed by atoms with Crippen LogP contribution in [0.5, 0.6) is 0 Å². The zero-order chi connectivity index (χ0) is 28.2. The average Bonchev–Trinajstić information content (AvgIpc) is 3.57. The molecule has 0 bridgehead atoms. The second kappa shape index (κ2) is 12.3. The fourth-order valence-corrected chi connectivity index (χ4v) is 5.99. The summed E-state index contributed by atoms with van der Waals surface area (Å²) in [6.07, 6.45) is 1.35. The number of carbonyl (C=O) groups excluding carboxylic acids is 1. The summed E-state index contributed by atoms with van der Waals surface area (Å²) in [7, 11) is 0. The van der Waals surface area contributed by atoms with Crippen molar-refractivity contribution < 1.29 is 28.1 Å². The monoisotopic (exact) mass is 551 g/mol. The molecule has 1 saturated carbocycles. The number of likely N-dealkylation sites (tertiary alicyclic amines) is 1. The Morgan fingerprint density at radius 3 is 2.55 bits per heavy atom. The van der Waals surface area contributed by atoms with Gasteiger partial charge in [-0.1, -0.05) is 36.4 Å². The maximum absolute atomic E-state index is 14.5. The Morgan fingerprint density at radius 1 is 1.07 bits per heavy atom. The van der Waals surface area contributed by atoms with Crippen LogP contribution >= 0.6 is 0 Å². The Bertz CT molecular complexity index is 1230. The number of amides is 1. The van der Waals surface area contributed by atoms with E-state index < -0.39 is 29.7 Å². The molecule has 5 rings (SSSR count). The third kappa shape index (κ3) is 6.54. The van der Waals surface area contributed by atoms with Crippen LogP contribution in [-0.4, -0.2) is 66.7 Å². The Balaban J connectivity index is 1.39. The summed E-state index contributed by atoms with van der Waals surface area (Å²) in [6.45, 7) is 7.10. The number of hydrogen-bond donors (Lipinski definition) is 1. The van der Waals surface area contributed by atoms with E-state index in [4.69, 9.17) is 18.9 Å². The molecule has 8 nitrogen and oxygen atoms in total. The van der Waals surface area contributed by atoms with Crippen molar-refractivity contribution in [2.24, 2.45) is 0 Å². The fraction of sp³-hybridized carbons (Fsp3) is 0.548. The van der Waals surface area contributed by atoms with Gasteiger partial charge < -0.3 is 29.2 Å². The lowest BCUT2D eigenvalue weighted by Gasteiger charge is -2.43. The molecule has 0 unspecified atom stereocenters. The van der Waals surface area contributed by atoms with Gasteiger partial charge in [-0.25, -0.2) is 4.39 Å². The van der Waals surface area contributed by atoms with Crippen molar-refractivity contribution in [1.29, 1.82) is 5.26 Å². The van der Waals surface area contributed by atoms with Crippen molar-refractivity contribution in [1.82, 2.24) is 10.2 Å². The molecule has 4 atom stereocenters. The number of benzene rings is 2. The number of ether oxygens (including phenoxy) is 4. The normalized spacial score (nSPS) is 27.7. The van der Waals surface area contributed by atoms with Crippen LogP contribution in [0.25, 0.3) is 0 Å². The Kier molecular flexibility index (Phi) is 8.83. The van der Waals surface area contributed by atoms with E-state index >= 15 is 0 Å². The van der Waals surface area contributed by atoms with Gasteiger partial charge in [-0.05, 0) is 57.5 Å². The molecule has 2 aromatic carbocycles. The SMILES string of the molecule is CC1(C)O[C@H]2[C@H](OCc3ccccc3C#N)C[C@](OCc3ccccc3F)(C(=O)NCCN3CCCC3)C[C@H]2O1. The molecular formula is C31H38FN3O5. The minimum atomic E-state index is -1.32. The summed E-state index contributed by atoms with van der Waals surface area (Å²) in [5.41, 5.74) is 0.328. The van der Waals surface area contributed by atoms with Crippen LogP contribution in [0, 0.1) is 17.1 Å². The van der Waals surface area contributed by atoms with Gasteiger partial charge in [0.05, 0.1) is 37.1 Å². The maximum Gasteiger partial charge on any atom is 0.252 e. The van der Waals surface area contributed by atoms with Gasteiger partial charge in [-0.3, -0.25) is 4.79 Å². The molecule has 3 fully saturated rings. The molecule has 1 amide bonds. The van der Waals surface area contributed by atoms with E-state index in [1.165, 1.54) is 18.9 Å². The van der Waals surface area contributed by atoms with E-state index in [1.807, 2.05) is 32.0 Å². The van der Waals surface area contributed by atoms with Gasteiger partial charge in [0.1, 0.15) is 11.9 Å². The highest BCUT2D eigenvalue weighted by molar-refractivity contribution is 5.85. The summed E-state index contributed by atoms with van der Waals surface area (Å²) in [5, 5.41) is 12.6. The minimum absolute atomic E-state index is 0.0716. The molecular weight excluding hydrogens is 513 g/mol. The lowest BCUT2D eigenvalue weighted by molar-refractivity contribution is -0.183. The lowest BCUT2D eigenvalue weighted by Crippen LogP contribution is -2.60. The van der Waals surface area contributed by atoms with E-state index in [9.17, 15) is 14.4 Å². The summed E-state index contributed by atoms with van der Waals surface area (Å²) >= 11 is 0. The molecule has 0 spiro atoms. The topological polar surface area (TPSA) is 93.1 Å². The number of nitrogens with one attached hydrogen (secondary N) is 1. The van der Waals surface area contributed by atoms with Crippen LogP contribution in [0.2, 0.25) is 0 Å². The number of nitriles is 1. The number of halogens is 1. The number of nitrogens with zero attached hydrogens (tertiary/aromatic N) is 2. The second-order valence-electron chi connectivity index (χ2n) is 11.3. The Morgan fingerprint density at radius 2 is 1.80 bits per heavy atom. The van der Waals surface area contributed by atoms with Crippen molar-refractivity contribution in [2.75, 3.05) is 26.2 Å². The van der Waals surface area contributed by atoms with Crippen LogP contribution in [-0.2, 0) is 37.0 Å². The van der Waals surface area contributed by atoms with Gasteiger partial charge in [0.2, 0.25) is 0 Å². The molecule has 9 heteroatoms. The van der Waals surface area contributed by atoms with Gasteiger partial charge >= 0.3 is 0 Å². The molecule has 2 aromatic rings. The Hall–Kier alpha value is -2.87. The van der Waals surface area contributed by atoms with Crippen molar-refractivity contribution >= 4 is 5.91 Å². The Labute approximate surface area is 235 Å². The number of rotatable bonds is 10. The molecule has 2 aliphatic heterocycles. The lowest BCUT2D eigenvalue weighted by atomic mass is 9.78. The summed E-state index contributed by atoms with van der Waals surface area (Å²) in [6, 6.07) is 15.9. The van der Waals surface area contributed by atoms with Crippen molar-refractivity contribution in [3.05, 3.63) is 71.0 Å². The number of carbonyl (C=O) groups is 1. The third-order valence-electron chi connectivity index (χ3n) is 8.03. The smallest absolute Gasteiger partial charge is 0.252 e. The zero-order valence-corrected chi connectivity index (χ0v) is 23.2. The van der Waals surface area contributed by atoms with Gasteiger partial charge in [-0.15, -0.1) is 0 Å². The summed E-state index contributed by atoms with van der Waals surface area (Å²) in [5.74, 6) is -1.51.